The summed E-state index contributed by atoms with van der Waals surface area (Å²) in [5, 5.41) is 6.03. The molecule has 96 valence electrons. The Hall–Kier alpha value is -1.79. The Bertz CT molecular complexity index is 421. The van der Waals surface area contributed by atoms with E-state index < -0.39 is 0 Å². The molecule has 0 aromatic heterocycles. The average Bonchev–Trinajstić information content (AvgIpc) is 2.37. The quantitative estimate of drug-likeness (QED) is 0.571. The summed E-state index contributed by atoms with van der Waals surface area (Å²) in [6.07, 6.45) is 8.17. The van der Waals surface area contributed by atoms with Crippen molar-refractivity contribution in [3.05, 3.63) is 29.8 Å². The zero-order valence-corrected chi connectivity index (χ0v) is 10.8. The number of hydrogen-bond acceptors (Lipinski definition) is 2. The normalized spacial score (nSPS) is 9.78. The second-order valence-corrected chi connectivity index (χ2v) is 4.15. The Morgan fingerprint density at radius 1 is 1.33 bits per heavy atom. The molecule has 0 spiro atoms. The summed E-state index contributed by atoms with van der Waals surface area (Å²) in [6.45, 7) is 0.744. The number of rotatable bonds is 7. The molecule has 2 N–H and O–H groups in total. The Morgan fingerprint density at radius 2 is 2.11 bits per heavy atom. The van der Waals surface area contributed by atoms with Crippen molar-refractivity contribution in [1.82, 2.24) is 5.32 Å². The van der Waals surface area contributed by atoms with Crippen LogP contribution in [-0.2, 0) is 11.3 Å². The van der Waals surface area contributed by atoms with Gasteiger partial charge in [-0.25, -0.2) is 0 Å². The first-order valence-corrected chi connectivity index (χ1v) is 6.23. The van der Waals surface area contributed by atoms with Crippen molar-refractivity contribution < 1.29 is 4.79 Å². The number of anilines is 1. The van der Waals surface area contributed by atoms with E-state index in [0.29, 0.717) is 6.42 Å². The van der Waals surface area contributed by atoms with Crippen molar-refractivity contribution in [1.29, 1.82) is 0 Å². The van der Waals surface area contributed by atoms with Crippen LogP contribution >= 0.6 is 0 Å². The van der Waals surface area contributed by atoms with Gasteiger partial charge >= 0.3 is 0 Å². The molecule has 1 rings (SSSR count). The zero-order valence-electron chi connectivity index (χ0n) is 10.8. The van der Waals surface area contributed by atoms with Gasteiger partial charge in [-0.2, -0.15) is 0 Å². The number of hydrogen-bond donors (Lipinski definition) is 2. The van der Waals surface area contributed by atoms with Crippen molar-refractivity contribution in [3.8, 4) is 12.3 Å². The molecule has 0 saturated carbocycles. The van der Waals surface area contributed by atoms with Crippen LogP contribution in [-0.4, -0.2) is 13.0 Å². The lowest BCUT2D eigenvalue weighted by Crippen LogP contribution is -2.14. The van der Waals surface area contributed by atoms with Crippen LogP contribution in [0.15, 0.2) is 24.3 Å². The molecule has 1 aromatic carbocycles. The van der Waals surface area contributed by atoms with Gasteiger partial charge in [0.1, 0.15) is 0 Å². The third-order valence-electron chi connectivity index (χ3n) is 2.63. The van der Waals surface area contributed by atoms with Gasteiger partial charge in [-0.1, -0.05) is 18.2 Å². The highest BCUT2D eigenvalue weighted by Crippen LogP contribution is 2.15. The summed E-state index contributed by atoms with van der Waals surface area (Å²) in [7, 11) is 1.89. The average molecular weight is 244 g/mol. The lowest BCUT2D eigenvalue weighted by molar-refractivity contribution is -0.116. The second kappa shape index (κ2) is 8.32. The van der Waals surface area contributed by atoms with E-state index in [1.54, 1.807) is 0 Å². The molecular formula is C15H20N2O. The zero-order chi connectivity index (χ0) is 13.2. The van der Waals surface area contributed by atoms with Crippen molar-refractivity contribution in [3.63, 3.8) is 0 Å². The van der Waals surface area contributed by atoms with Gasteiger partial charge in [0.15, 0.2) is 0 Å². The molecule has 0 atom stereocenters. The largest absolute Gasteiger partial charge is 0.326 e. The van der Waals surface area contributed by atoms with Crippen LogP contribution in [0, 0.1) is 12.3 Å². The predicted molar refractivity (Wildman–Crippen MR) is 75.1 cm³/mol. The molecule has 0 unspecified atom stereocenters. The second-order valence-electron chi connectivity index (χ2n) is 4.15. The summed E-state index contributed by atoms with van der Waals surface area (Å²) in [6, 6.07) is 7.82. The lowest BCUT2D eigenvalue weighted by atomic mass is 10.1. The summed E-state index contributed by atoms with van der Waals surface area (Å²) < 4.78 is 0. The fourth-order valence-corrected chi connectivity index (χ4v) is 1.71. The van der Waals surface area contributed by atoms with Crippen LogP contribution in [0.3, 0.4) is 0 Å². The van der Waals surface area contributed by atoms with Gasteiger partial charge in [0.2, 0.25) is 5.91 Å². The maximum atomic E-state index is 11.7. The maximum Gasteiger partial charge on any atom is 0.224 e. The number of nitrogens with one attached hydrogen (secondary N) is 2. The molecule has 0 saturated heterocycles. The highest BCUT2D eigenvalue weighted by molar-refractivity contribution is 5.91. The molecule has 0 aliphatic heterocycles. The third-order valence-corrected chi connectivity index (χ3v) is 2.63. The van der Waals surface area contributed by atoms with Crippen LogP contribution < -0.4 is 10.6 Å². The molecule has 3 nitrogen and oxygen atoms in total. The van der Waals surface area contributed by atoms with E-state index in [4.69, 9.17) is 6.42 Å². The molecule has 0 radical (unpaired) electrons. The first-order chi connectivity index (χ1) is 8.77. The number of benzene rings is 1. The number of carbonyl (C=O) groups is 1. The number of unbranched alkanes of at least 4 members (excludes halogenated alkanes) is 2. The highest BCUT2D eigenvalue weighted by atomic mass is 16.1. The maximum absolute atomic E-state index is 11.7. The van der Waals surface area contributed by atoms with Crippen LogP contribution in [0.25, 0.3) is 0 Å². The predicted octanol–water partition coefficient (Wildman–Crippen LogP) is 2.54. The van der Waals surface area contributed by atoms with Gasteiger partial charge in [-0.3, -0.25) is 4.79 Å². The Kier molecular flexibility index (Phi) is 6.60. The van der Waals surface area contributed by atoms with Gasteiger partial charge in [-0.05, 0) is 31.5 Å². The topological polar surface area (TPSA) is 41.1 Å². The van der Waals surface area contributed by atoms with Gasteiger partial charge in [0.05, 0.1) is 0 Å². The van der Waals surface area contributed by atoms with Crippen LogP contribution in [0.4, 0.5) is 5.69 Å². The van der Waals surface area contributed by atoms with Crippen molar-refractivity contribution >= 4 is 11.6 Å². The van der Waals surface area contributed by atoms with Gasteiger partial charge in [0, 0.05) is 25.1 Å². The lowest BCUT2D eigenvalue weighted by Gasteiger charge is -2.10. The summed E-state index contributed by atoms with van der Waals surface area (Å²) in [5.41, 5.74) is 1.98. The molecule has 18 heavy (non-hydrogen) atoms. The Morgan fingerprint density at radius 3 is 2.83 bits per heavy atom. The Labute approximate surface area is 109 Å². The first kappa shape index (κ1) is 14.3. The minimum atomic E-state index is 0.0515. The monoisotopic (exact) mass is 244 g/mol. The fourth-order valence-electron chi connectivity index (χ4n) is 1.71. The van der Waals surface area contributed by atoms with E-state index in [-0.39, 0.29) is 5.91 Å². The smallest absolute Gasteiger partial charge is 0.224 e. The van der Waals surface area contributed by atoms with E-state index in [9.17, 15) is 4.79 Å². The molecule has 0 aliphatic rings. The Balaban J connectivity index is 2.46. The van der Waals surface area contributed by atoms with E-state index in [1.165, 1.54) is 0 Å². The minimum Gasteiger partial charge on any atom is -0.326 e. The standard InChI is InChI=1S/C15H20N2O/c1-3-4-5-6-11-15(18)17-14-10-8-7-9-13(14)12-16-2/h1,7-10,16H,4-6,11-12H2,2H3,(H,17,18). The number of carbonyl (C=O) groups excluding carboxylic acids is 1. The summed E-state index contributed by atoms with van der Waals surface area (Å²) in [4.78, 5) is 11.7. The van der Waals surface area contributed by atoms with Crippen LogP contribution in [0.1, 0.15) is 31.2 Å². The number of amides is 1. The molecule has 0 aliphatic carbocycles. The van der Waals surface area contributed by atoms with Crippen LogP contribution in [0.5, 0.6) is 0 Å². The third kappa shape index (κ3) is 5.03. The molecule has 0 heterocycles. The van der Waals surface area contributed by atoms with Crippen molar-refractivity contribution in [2.75, 3.05) is 12.4 Å². The van der Waals surface area contributed by atoms with E-state index in [0.717, 1.165) is 37.1 Å². The van der Waals surface area contributed by atoms with Gasteiger partial charge in [0.25, 0.3) is 0 Å². The minimum absolute atomic E-state index is 0.0515. The first-order valence-electron chi connectivity index (χ1n) is 6.23. The molecule has 1 aromatic rings. The van der Waals surface area contributed by atoms with E-state index >= 15 is 0 Å². The summed E-state index contributed by atoms with van der Waals surface area (Å²) >= 11 is 0. The molecule has 0 fully saturated rings. The molecule has 1 amide bonds. The molecule has 3 heteroatoms. The fraction of sp³-hybridized carbons (Fsp3) is 0.400. The summed E-state index contributed by atoms with van der Waals surface area (Å²) in [5.74, 6) is 2.63. The highest BCUT2D eigenvalue weighted by Gasteiger charge is 2.05. The van der Waals surface area contributed by atoms with Crippen molar-refractivity contribution in [2.24, 2.45) is 0 Å². The molecular weight excluding hydrogens is 224 g/mol. The number of terminal acetylenes is 1. The van der Waals surface area contributed by atoms with Crippen LogP contribution in [0.2, 0.25) is 0 Å². The van der Waals surface area contributed by atoms with Crippen molar-refractivity contribution in [2.45, 2.75) is 32.2 Å². The van der Waals surface area contributed by atoms with E-state index in [2.05, 4.69) is 16.6 Å². The van der Waals surface area contributed by atoms with E-state index in [1.807, 2.05) is 31.3 Å². The van der Waals surface area contributed by atoms with Gasteiger partial charge in [-0.15, -0.1) is 12.3 Å². The SMILES string of the molecule is C#CCCCCC(=O)Nc1ccccc1CNC. The number of para-hydroxylation sites is 1. The van der Waals surface area contributed by atoms with Gasteiger partial charge < -0.3 is 10.6 Å². The molecule has 0 bridgehead atoms.